The Labute approximate surface area is 119 Å². The number of hydrogen-bond acceptors (Lipinski definition) is 5. The third kappa shape index (κ3) is 2.81. The van der Waals surface area contributed by atoms with Crippen LogP contribution in [0.15, 0.2) is 51.9 Å². The molecule has 0 atom stereocenters. The van der Waals surface area contributed by atoms with Gasteiger partial charge in [-0.3, -0.25) is 9.59 Å². The second-order valence-corrected chi connectivity index (χ2v) is 4.35. The van der Waals surface area contributed by atoms with Gasteiger partial charge >= 0.3 is 0 Å². The van der Waals surface area contributed by atoms with Crippen molar-refractivity contribution in [2.45, 2.75) is 6.54 Å². The number of para-hydroxylation sites is 1. The summed E-state index contributed by atoms with van der Waals surface area (Å²) in [5, 5.41) is 11.0. The van der Waals surface area contributed by atoms with Gasteiger partial charge in [0.25, 0.3) is 5.91 Å². The van der Waals surface area contributed by atoms with Crippen LogP contribution in [0, 0.1) is 0 Å². The van der Waals surface area contributed by atoms with Gasteiger partial charge in [-0.05, 0) is 12.1 Å². The number of amides is 1. The smallest absolute Gasteiger partial charge is 0.287 e. The minimum atomic E-state index is -0.440. The van der Waals surface area contributed by atoms with E-state index >= 15 is 0 Å². The molecule has 0 radical (unpaired) electrons. The van der Waals surface area contributed by atoms with Crippen LogP contribution in [0.4, 0.5) is 0 Å². The Balaban J connectivity index is 1.74. The van der Waals surface area contributed by atoms with Gasteiger partial charge in [0.1, 0.15) is 5.58 Å². The first-order valence-corrected chi connectivity index (χ1v) is 6.39. The Bertz CT molecular complexity index is 824. The number of aromatic nitrogens is 3. The van der Waals surface area contributed by atoms with Crippen molar-refractivity contribution in [2.24, 2.45) is 0 Å². The molecule has 0 fully saturated rings. The highest BCUT2D eigenvalue weighted by atomic mass is 16.3. The minimum Gasteiger partial charge on any atom is -0.451 e. The number of carbonyl (C=O) groups is 1. The minimum absolute atomic E-state index is 0.00729. The fourth-order valence-electron chi connectivity index (χ4n) is 1.93. The predicted molar refractivity (Wildman–Crippen MR) is 74.8 cm³/mol. The van der Waals surface area contributed by atoms with Gasteiger partial charge < -0.3 is 9.73 Å². The number of nitrogens with zero attached hydrogens (tertiary/aromatic N) is 3. The normalized spacial score (nSPS) is 10.7. The molecule has 3 rings (SSSR count). The van der Waals surface area contributed by atoms with Crippen molar-refractivity contribution in [1.82, 2.24) is 20.3 Å². The third-order valence-electron chi connectivity index (χ3n) is 2.92. The maximum Gasteiger partial charge on any atom is 0.287 e. The zero-order valence-electron chi connectivity index (χ0n) is 11.0. The average Bonchev–Trinajstić information content (AvgIpc) is 3.00. The zero-order chi connectivity index (χ0) is 14.7. The summed E-state index contributed by atoms with van der Waals surface area (Å²) in [7, 11) is 0. The van der Waals surface area contributed by atoms with Crippen LogP contribution in [-0.2, 0) is 6.54 Å². The van der Waals surface area contributed by atoms with E-state index in [1.54, 1.807) is 36.7 Å². The van der Waals surface area contributed by atoms with E-state index in [9.17, 15) is 9.59 Å². The summed E-state index contributed by atoms with van der Waals surface area (Å²) in [6, 6.07) is 8.00. The van der Waals surface area contributed by atoms with Crippen LogP contribution in [0.1, 0.15) is 10.6 Å². The molecule has 0 bridgehead atoms. The van der Waals surface area contributed by atoms with Crippen molar-refractivity contribution in [1.29, 1.82) is 0 Å². The number of fused-ring (bicyclic) bond motifs is 1. The summed E-state index contributed by atoms with van der Waals surface area (Å²) in [6.07, 6.45) is 3.12. The summed E-state index contributed by atoms with van der Waals surface area (Å²) < 4.78 is 5.44. The van der Waals surface area contributed by atoms with Gasteiger partial charge in [-0.1, -0.05) is 12.1 Å². The molecule has 21 heavy (non-hydrogen) atoms. The molecule has 0 aliphatic carbocycles. The summed E-state index contributed by atoms with van der Waals surface area (Å²) in [5.74, 6) is -0.447. The van der Waals surface area contributed by atoms with Crippen molar-refractivity contribution in [3.63, 3.8) is 0 Å². The number of benzene rings is 1. The Morgan fingerprint density at radius 1 is 1.24 bits per heavy atom. The van der Waals surface area contributed by atoms with Crippen molar-refractivity contribution in [2.75, 3.05) is 6.54 Å². The highest BCUT2D eigenvalue weighted by Gasteiger charge is 2.11. The van der Waals surface area contributed by atoms with E-state index in [1.807, 2.05) is 0 Å². The molecular formula is C14H12N4O3. The molecule has 106 valence electrons. The number of carbonyl (C=O) groups excluding carboxylic acids is 1. The van der Waals surface area contributed by atoms with Crippen LogP contribution >= 0.6 is 0 Å². The van der Waals surface area contributed by atoms with Crippen LogP contribution in [-0.4, -0.2) is 27.4 Å². The Kier molecular flexibility index (Phi) is 3.46. The van der Waals surface area contributed by atoms with Crippen molar-refractivity contribution in [3.8, 4) is 0 Å². The lowest BCUT2D eigenvalue weighted by Crippen LogP contribution is -2.28. The van der Waals surface area contributed by atoms with Gasteiger partial charge in [0.2, 0.25) is 0 Å². The zero-order valence-corrected chi connectivity index (χ0v) is 11.0. The van der Waals surface area contributed by atoms with Crippen LogP contribution in [0.2, 0.25) is 0 Å². The number of rotatable bonds is 4. The van der Waals surface area contributed by atoms with E-state index in [0.717, 1.165) is 0 Å². The van der Waals surface area contributed by atoms with Crippen LogP contribution < -0.4 is 10.7 Å². The third-order valence-corrected chi connectivity index (χ3v) is 2.92. The summed E-state index contributed by atoms with van der Waals surface area (Å²) in [4.78, 5) is 25.3. The van der Waals surface area contributed by atoms with E-state index in [2.05, 4.69) is 15.5 Å². The van der Waals surface area contributed by atoms with E-state index in [-0.39, 0.29) is 11.2 Å². The molecule has 1 amide bonds. The number of nitrogens with one attached hydrogen (secondary N) is 1. The first-order valence-electron chi connectivity index (χ1n) is 6.39. The van der Waals surface area contributed by atoms with Crippen LogP contribution in [0.3, 0.4) is 0 Å². The molecule has 7 nitrogen and oxygen atoms in total. The molecule has 0 saturated carbocycles. The first-order chi connectivity index (χ1) is 10.2. The van der Waals surface area contributed by atoms with E-state index in [4.69, 9.17) is 4.42 Å². The molecule has 1 aromatic carbocycles. The summed E-state index contributed by atoms with van der Waals surface area (Å²) in [5.41, 5.74) is 0.152. The van der Waals surface area contributed by atoms with E-state index < -0.39 is 5.91 Å². The van der Waals surface area contributed by atoms with Crippen molar-refractivity contribution < 1.29 is 9.21 Å². The largest absolute Gasteiger partial charge is 0.451 e. The second-order valence-electron chi connectivity index (χ2n) is 4.35. The molecule has 3 aromatic rings. The highest BCUT2D eigenvalue weighted by Crippen LogP contribution is 2.11. The predicted octanol–water partition coefficient (Wildman–Crippen LogP) is 0.814. The van der Waals surface area contributed by atoms with Crippen molar-refractivity contribution >= 4 is 16.9 Å². The van der Waals surface area contributed by atoms with Gasteiger partial charge in [0.05, 0.1) is 24.3 Å². The van der Waals surface area contributed by atoms with Crippen molar-refractivity contribution in [3.05, 3.63) is 58.7 Å². The molecule has 1 N–H and O–H groups in total. The Morgan fingerprint density at radius 3 is 2.81 bits per heavy atom. The summed E-state index contributed by atoms with van der Waals surface area (Å²) in [6.45, 7) is 0.778. The molecule has 7 heteroatoms. The molecule has 0 aliphatic heterocycles. The maximum absolute atomic E-state index is 12.0. The van der Waals surface area contributed by atoms with E-state index in [1.165, 1.54) is 10.9 Å². The number of hydrogen-bond donors (Lipinski definition) is 1. The highest BCUT2D eigenvalue weighted by molar-refractivity contribution is 5.93. The Hall–Kier alpha value is -2.96. The monoisotopic (exact) mass is 284 g/mol. The van der Waals surface area contributed by atoms with Gasteiger partial charge in [-0.2, -0.15) is 15.0 Å². The lowest BCUT2D eigenvalue weighted by atomic mass is 10.2. The second kappa shape index (κ2) is 5.58. The lowest BCUT2D eigenvalue weighted by Gasteiger charge is -2.05. The van der Waals surface area contributed by atoms with E-state index in [0.29, 0.717) is 24.1 Å². The van der Waals surface area contributed by atoms with Gasteiger partial charge in [0.15, 0.2) is 11.2 Å². The first kappa shape index (κ1) is 13.0. The van der Waals surface area contributed by atoms with Crippen LogP contribution in [0.25, 0.3) is 11.0 Å². The fourth-order valence-corrected chi connectivity index (χ4v) is 1.93. The molecule has 2 aromatic heterocycles. The topological polar surface area (TPSA) is 90.0 Å². The van der Waals surface area contributed by atoms with Gasteiger partial charge in [-0.15, -0.1) is 0 Å². The van der Waals surface area contributed by atoms with Crippen LogP contribution in [0.5, 0.6) is 0 Å². The average molecular weight is 284 g/mol. The molecule has 0 unspecified atom stereocenters. The lowest BCUT2D eigenvalue weighted by molar-refractivity contribution is 0.0924. The standard InChI is InChI=1S/C14H12N4O3/c19-11-9-13(21-12-4-2-1-3-10(11)12)14(20)15-7-8-18-16-5-6-17-18/h1-6,9H,7-8H2,(H,15,20). The molecule has 2 heterocycles. The maximum atomic E-state index is 12.0. The molecular weight excluding hydrogens is 272 g/mol. The summed E-state index contributed by atoms with van der Waals surface area (Å²) >= 11 is 0. The quantitative estimate of drug-likeness (QED) is 0.765. The van der Waals surface area contributed by atoms with Gasteiger partial charge in [-0.25, -0.2) is 0 Å². The SMILES string of the molecule is O=C(NCCn1nccn1)c1cc(=O)c2ccccc2o1. The fraction of sp³-hybridized carbons (Fsp3) is 0.143. The Morgan fingerprint density at radius 2 is 2.00 bits per heavy atom. The molecule has 0 saturated heterocycles. The molecule has 0 spiro atoms. The van der Waals surface area contributed by atoms with Gasteiger partial charge in [0, 0.05) is 12.6 Å². The molecule has 0 aliphatic rings.